The molecule has 0 bridgehead atoms. The minimum absolute atomic E-state index is 0.691. The lowest BCUT2D eigenvalue weighted by Gasteiger charge is -1.98. The molecule has 1 unspecified atom stereocenters. The molecule has 0 radical (unpaired) electrons. The van der Waals surface area contributed by atoms with Gasteiger partial charge in [0, 0.05) is 6.04 Å². The topological polar surface area (TPSA) is 3.01 Å². The summed E-state index contributed by atoms with van der Waals surface area (Å²) in [7, 11) is 0. The van der Waals surface area contributed by atoms with Crippen LogP contribution in [0.5, 0.6) is 0 Å². The fourth-order valence-corrected chi connectivity index (χ4v) is 2.01. The summed E-state index contributed by atoms with van der Waals surface area (Å²) in [5, 5.41) is 0. The van der Waals surface area contributed by atoms with Crippen molar-refractivity contribution in [1.82, 2.24) is 4.90 Å². The van der Waals surface area contributed by atoms with Crippen LogP contribution in [0.1, 0.15) is 25.5 Å². The first-order chi connectivity index (χ1) is 5.84. The van der Waals surface area contributed by atoms with E-state index in [9.17, 15) is 0 Å². The van der Waals surface area contributed by atoms with Crippen LogP contribution in [0.25, 0.3) is 0 Å². The van der Waals surface area contributed by atoms with Gasteiger partial charge < -0.3 is 0 Å². The van der Waals surface area contributed by atoms with Gasteiger partial charge in [0.2, 0.25) is 0 Å². The predicted molar refractivity (Wildman–Crippen MR) is 51.0 cm³/mol. The Morgan fingerprint density at radius 2 is 1.92 bits per heavy atom. The van der Waals surface area contributed by atoms with Crippen molar-refractivity contribution in [3.63, 3.8) is 0 Å². The van der Waals surface area contributed by atoms with Crippen LogP contribution in [0.3, 0.4) is 0 Å². The number of likely N-dealkylation sites (N-methyl/N-ethyl adjacent to an activating group) is 1. The third-order valence-electron chi connectivity index (χ3n) is 2.75. The Bertz CT molecular complexity index is 255. The molecule has 3 atom stereocenters. The third-order valence-corrected chi connectivity index (χ3v) is 2.75. The van der Waals surface area contributed by atoms with Crippen molar-refractivity contribution in [2.24, 2.45) is 0 Å². The Morgan fingerprint density at radius 3 is 2.42 bits per heavy atom. The first kappa shape index (κ1) is 7.81. The second-order valence-corrected chi connectivity index (χ2v) is 3.43. The molecule has 1 heteroatoms. The smallest absolute Gasteiger partial charge is 0.0504 e. The number of hydrogen-bond donors (Lipinski definition) is 0. The summed E-state index contributed by atoms with van der Waals surface area (Å²) in [6.45, 7) is 5.68. The van der Waals surface area contributed by atoms with Gasteiger partial charge in [-0.1, -0.05) is 37.3 Å². The van der Waals surface area contributed by atoms with Crippen molar-refractivity contribution in [2.45, 2.75) is 25.9 Å². The summed E-state index contributed by atoms with van der Waals surface area (Å²) in [6.07, 6.45) is 0. The second-order valence-electron chi connectivity index (χ2n) is 3.43. The zero-order chi connectivity index (χ0) is 8.55. The maximum absolute atomic E-state index is 2.50. The number of hydrogen-bond acceptors (Lipinski definition) is 1. The average molecular weight is 161 g/mol. The van der Waals surface area contributed by atoms with Gasteiger partial charge in [-0.3, -0.25) is 4.90 Å². The molecule has 0 spiro atoms. The zero-order valence-corrected chi connectivity index (χ0v) is 7.70. The summed E-state index contributed by atoms with van der Waals surface area (Å²) in [4.78, 5) is 2.50. The summed E-state index contributed by atoms with van der Waals surface area (Å²) in [5.74, 6) is 0. The second kappa shape index (κ2) is 2.91. The molecule has 64 valence electrons. The molecule has 0 aromatic heterocycles. The van der Waals surface area contributed by atoms with Gasteiger partial charge >= 0.3 is 0 Å². The van der Waals surface area contributed by atoms with E-state index in [4.69, 9.17) is 0 Å². The van der Waals surface area contributed by atoms with Crippen molar-refractivity contribution in [2.75, 3.05) is 6.54 Å². The summed E-state index contributed by atoms with van der Waals surface area (Å²) in [6, 6.07) is 12.2. The SMILES string of the molecule is CCN1[C@H](C)[C@@H]1c1ccccc1. The van der Waals surface area contributed by atoms with Gasteiger partial charge in [0.05, 0.1) is 6.04 Å². The highest BCUT2D eigenvalue weighted by Gasteiger charge is 2.42. The first-order valence-electron chi connectivity index (χ1n) is 4.65. The molecule has 0 amide bonds. The summed E-state index contributed by atoms with van der Waals surface area (Å²) in [5.41, 5.74) is 1.46. The quantitative estimate of drug-likeness (QED) is 0.602. The Balaban J connectivity index is 2.14. The van der Waals surface area contributed by atoms with Gasteiger partial charge in [0.25, 0.3) is 0 Å². The van der Waals surface area contributed by atoms with Crippen LogP contribution < -0.4 is 0 Å². The minimum atomic E-state index is 0.691. The molecular weight excluding hydrogens is 146 g/mol. The van der Waals surface area contributed by atoms with Crippen LogP contribution in [-0.4, -0.2) is 17.5 Å². The summed E-state index contributed by atoms with van der Waals surface area (Å²) < 4.78 is 0. The fourth-order valence-electron chi connectivity index (χ4n) is 2.01. The van der Waals surface area contributed by atoms with Crippen LogP contribution in [0.15, 0.2) is 30.3 Å². The lowest BCUT2D eigenvalue weighted by Crippen LogP contribution is -1.96. The average Bonchev–Trinajstić information content (AvgIpc) is 2.78. The Kier molecular flexibility index (Phi) is 1.89. The van der Waals surface area contributed by atoms with Gasteiger partial charge in [0.1, 0.15) is 0 Å². The lowest BCUT2D eigenvalue weighted by molar-refractivity contribution is 0.518. The van der Waals surface area contributed by atoms with Crippen molar-refractivity contribution < 1.29 is 0 Å². The van der Waals surface area contributed by atoms with Crippen molar-refractivity contribution in [3.8, 4) is 0 Å². The molecule has 2 rings (SSSR count). The Hall–Kier alpha value is -0.820. The molecule has 1 aromatic rings. The van der Waals surface area contributed by atoms with Crippen LogP contribution in [0.2, 0.25) is 0 Å². The van der Waals surface area contributed by atoms with Crippen molar-refractivity contribution in [1.29, 1.82) is 0 Å². The van der Waals surface area contributed by atoms with E-state index >= 15 is 0 Å². The van der Waals surface area contributed by atoms with Crippen LogP contribution >= 0.6 is 0 Å². The highest BCUT2D eigenvalue weighted by atomic mass is 15.3. The van der Waals surface area contributed by atoms with Crippen LogP contribution in [0, 0.1) is 0 Å². The number of rotatable bonds is 2. The first-order valence-corrected chi connectivity index (χ1v) is 4.65. The number of benzene rings is 1. The van der Waals surface area contributed by atoms with E-state index in [-0.39, 0.29) is 0 Å². The molecule has 1 heterocycles. The Morgan fingerprint density at radius 1 is 1.25 bits per heavy atom. The fraction of sp³-hybridized carbons (Fsp3) is 0.455. The van der Waals surface area contributed by atoms with E-state index in [0.29, 0.717) is 6.04 Å². The van der Waals surface area contributed by atoms with Crippen molar-refractivity contribution in [3.05, 3.63) is 35.9 Å². The molecule has 1 fully saturated rings. The van der Waals surface area contributed by atoms with E-state index in [1.165, 1.54) is 12.1 Å². The molecule has 0 saturated carbocycles. The highest BCUT2D eigenvalue weighted by molar-refractivity contribution is 5.26. The molecule has 1 aromatic carbocycles. The zero-order valence-electron chi connectivity index (χ0n) is 7.70. The van der Waals surface area contributed by atoms with Gasteiger partial charge in [-0.25, -0.2) is 0 Å². The molecular formula is C11H15N. The minimum Gasteiger partial charge on any atom is -0.290 e. The van der Waals surface area contributed by atoms with Crippen molar-refractivity contribution >= 4 is 0 Å². The molecule has 1 nitrogen and oxygen atoms in total. The highest BCUT2D eigenvalue weighted by Crippen LogP contribution is 2.41. The predicted octanol–water partition coefficient (Wildman–Crippen LogP) is 2.45. The van der Waals surface area contributed by atoms with Gasteiger partial charge in [0.15, 0.2) is 0 Å². The maximum Gasteiger partial charge on any atom is 0.0504 e. The standard InChI is InChI=1S/C11H15N/c1-3-12-9(2)11(12)10-7-5-4-6-8-10/h4-9,11H,3H2,1-2H3/t9-,11-,12?/m1/s1. The molecule has 1 aliphatic rings. The van der Waals surface area contributed by atoms with Gasteiger partial charge in [-0.15, -0.1) is 0 Å². The van der Waals surface area contributed by atoms with Crippen LogP contribution in [-0.2, 0) is 0 Å². The maximum atomic E-state index is 2.50. The molecule has 0 N–H and O–H groups in total. The largest absolute Gasteiger partial charge is 0.290 e. The van der Waals surface area contributed by atoms with E-state index in [2.05, 4.69) is 49.1 Å². The molecule has 12 heavy (non-hydrogen) atoms. The Labute approximate surface area is 74.0 Å². The normalized spacial score (nSPS) is 33.3. The molecule has 0 aliphatic carbocycles. The van der Waals surface area contributed by atoms with E-state index in [0.717, 1.165) is 6.04 Å². The summed E-state index contributed by atoms with van der Waals surface area (Å²) >= 11 is 0. The molecule has 1 aliphatic heterocycles. The lowest BCUT2D eigenvalue weighted by atomic mass is 10.1. The third kappa shape index (κ3) is 1.14. The van der Waals surface area contributed by atoms with Gasteiger partial charge in [-0.05, 0) is 19.0 Å². The van der Waals surface area contributed by atoms with E-state index in [1.807, 2.05) is 0 Å². The van der Waals surface area contributed by atoms with E-state index in [1.54, 1.807) is 0 Å². The monoisotopic (exact) mass is 161 g/mol. The van der Waals surface area contributed by atoms with Crippen LogP contribution in [0.4, 0.5) is 0 Å². The van der Waals surface area contributed by atoms with Gasteiger partial charge in [-0.2, -0.15) is 0 Å². The number of nitrogens with zero attached hydrogens (tertiary/aromatic N) is 1. The van der Waals surface area contributed by atoms with E-state index < -0.39 is 0 Å². The molecule has 1 saturated heterocycles.